The Balaban J connectivity index is 2.29. The zero-order valence-electron chi connectivity index (χ0n) is 13.5. The molecule has 1 saturated carbocycles. The maximum atomic E-state index is 4.84. The Bertz CT molecular complexity index is 434. The van der Waals surface area contributed by atoms with Gasteiger partial charge in [-0.25, -0.2) is 4.98 Å². The molecule has 1 aromatic rings. The molecule has 112 valence electrons. The zero-order valence-corrected chi connectivity index (χ0v) is 13.5. The summed E-state index contributed by atoms with van der Waals surface area (Å²) in [5.41, 5.74) is 3.82. The molecule has 0 spiro atoms. The van der Waals surface area contributed by atoms with Crippen LogP contribution in [0.5, 0.6) is 0 Å². The minimum Gasteiger partial charge on any atom is -0.356 e. The van der Waals surface area contributed by atoms with Crippen LogP contribution in [0, 0.1) is 13.8 Å². The summed E-state index contributed by atoms with van der Waals surface area (Å²) >= 11 is 0. The Morgan fingerprint density at radius 1 is 1.20 bits per heavy atom. The molecular weight excluding hydrogens is 246 g/mol. The zero-order chi connectivity index (χ0) is 14.5. The van der Waals surface area contributed by atoms with Crippen LogP contribution in [-0.4, -0.2) is 25.1 Å². The van der Waals surface area contributed by atoms with Gasteiger partial charge in [-0.2, -0.15) is 0 Å². The fourth-order valence-electron chi connectivity index (χ4n) is 3.35. The Hall–Kier alpha value is -1.09. The monoisotopic (exact) mass is 275 g/mol. The van der Waals surface area contributed by atoms with Crippen LogP contribution < -0.4 is 10.2 Å². The number of rotatable bonds is 4. The van der Waals surface area contributed by atoms with Crippen molar-refractivity contribution in [2.45, 2.75) is 65.0 Å². The molecule has 1 N–H and O–H groups in total. The van der Waals surface area contributed by atoms with Crippen molar-refractivity contribution in [1.29, 1.82) is 0 Å². The normalized spacial score (nSPS) is 17.0. The number of aryl methyl sites for hydroxylation is 2. The molecule has 20 heavy (non-hydrogen) atoms. The Labute approximate surface area is 123 Å². The summed E-state index contributed by atoms with van der Waals surface area (Å²) in [4.78, 5) is 7.29. The second-order valence-electron chi connectivity index (χ2n) is 6.17. The minimum atomic E-state index is 0.654. The lowest BCUT2D eigenvalue weighted by Crippen LogP contribution is -2.33. The van der Waals surface area contributed by atoms with Gasteiger partial charge in [-0.15, -0.1) is 0 Å². The van der Waals surface area contributed by atoms with E-state index in [1.807, 2.05) is 7.05 Å². The van der Waals surface area contributed by atoms with Gasteiger partial charge in [0, 0.05) is 30.9 Å². The van der Waals surface area contributed by atoms with Crippen molar-refractivity contribution in [1.82, 2.24) is 10.3 Å². The van der Waals surface area contributed by atoms with Crippen LogP contribution in [0.1, 0.15) is 55.3 Å². The lowest BCUT2D eigenvalue weighted by atomic mass is 10.0. The Morgan fingerprint density at radius 2 is 1.85 bits per heavy atom. The first-order chi connectivity index (χ1) is 9.63. The lowest BCUT2D eigenvalue weighted by molar-refractivity contribution is 0.546. The van der Waals surface area contributed by atoms with Crippen molar-refractivity contribution in [2.75, 3.05) is 19.0 Å². The first-order valence-electron chi connectivity index (χ1n) is 7.98. The van der Waals surface area contributed by atoms with E-state index in [2.05, 4.69) is 37.2 Å². The summed E-state index contributed by atoms with van der Waals surface area (Å²) in [6.45, 7) is 5.19. The average molecular weight is 275 g/mol. The average Bonchev–Trinajstić information content (AvgIpc) is 2.69. The Morgan fingerprint density at radius 3 is 2.45 bits per heavy atom. The topological polar surface area (TPSA) is 28.2 Å². The number of anilines is 1. The third-order valence-corrected chi connectivity index (χ3v) is 4.51. The fraction of sp³-hybridized carbons (Fsp3) is 0.706. The van der Waals surface area contributed by atoms with Crippen LogP contribution in [-0.2, 0) is 6.54 Å². The van der Waals surface area contributed by atoms with Crippen molar-refractivity contribution in [3.05, 3.63) is 22.9 Å². The maximum Gasteiger partial charge on any atom is 0.133 e. The molecule has 1 fully saturated rings. The predicted molar refractivity (Wildman–Crippen MR) is 86.4 cm³/mol. The summed E-state index contributed by atoms with van der Waals surface area (Å²) in [6.07, 6.45) is 8.14. The molecule has 3 nitrogen and oxygen atoms in total. The molecule has 0 aliphatic heterocycles. The van der Waals surface area contributed by atoms with Crippen molar-refractivity contribution in [2.24, 2.45) is 0 Å². The van der Waals surface area contributed by atoms with Gasteiger partial charge in [-0.05, 0) is 45.4 Å². The standard InChI is InChI=1S/C17H29N3/c1-13-11-14(2)19-17(16(13)12-18-3)20(4)15-9-7-5-6-8-10-15/h11,15,18H,5-10,12H2,1-4H3. The van der Waals surface area contributed by atoms with Gasteiger partial charge in [-0.1, -0.05) is 25.7 Å². The van der Waals surface area contributed by atoms with Crippen molar-refractivity contribution in [3.8, 4) is 0 Å². The van der Waals surface area contributed by atoms with E-state index in [0.717, 1.165) is 12.2 Å². The van der Waals surface area contributed by atoms with Crippen molar-refractivity contribution >= 4 is 5.82 Å². The molecule has 0 aromatic carbocycles. The van der Waals surface area contributed by atoms with Crippen LogP contribution >= 0.6 is 0 Å². The van der Waals surface area contributed by atoms with Gasteiger partial charge in [0.15, 0.2) is 0 Å². The Kier molecular flexibility index (Phi) is 5.41. The molecule has 3 heteroatoms. The van der Waals surface area contributed by atoms with Crippen molar-refractivity contribution < 1.29 is 0 Å². The highest BCUT2D eigenvalue weighted by Crippen LogP contribution is 2.28. The molecular formula is C17H29N3. The fourth-order valence-corrected chi connectivity index (χ4v) is 3.35. The van der Waals surface area contributed by atoms with Gasteiger partial charge < -0.3 is 10.2 Å². The molecule has 0 unspecified atom stereocenters. The van der Waals surface area contributed by atoms with E-state index in [-0.39, 0.29) is 0 Å². The molecule has 0 bridgehead atoms. The van der Waals surface area contributed by atoms with Gasteiger partial charge in [0.05, 0.1) is 0 Å². The number of nitrogens with one attached hydrogen (secondary N) is 1. The van der Waals surface area contributed by atoms with Crippen LogP contribution in [0.3, 0.4) is 0 Å². The molecule has 1 heterocycles. The number of aromatic nitrogens is 1. The minimum absolute atomic E-state index is 0.654. The van der Waals surface area contributed by atoms with E-state index < -0.39 is 0 Å². The highest BCUT2D eigenvalue weighted by Gasteiger charge is 2.21. The number of hydrogen-bond acceptors (Lipinski definition) is 3. The molecule has 1 aromatic heterocycles. The van der Waals surface area contributed by atoms with Gasteiger partial charge in [0.25, 0.3) is 0 Å². The number of nitrogens with zero attached hydrogens (tertiary/aromatic N) is 2. The summed E-state index contributed by atoms with van der Waals surface area (Å²) in [5, 5.41) is 3.29. The van der Waals surface area contributed by atoms with Crippen LogP contribution in [0.25, 0.3) is 0 Å². The third kappa shape index (κ3) is 3.51. The van der Waals surface area contributed by atoms with E-state index in [1.54, 1.807) is 0 Å². The smallest absolute Gasteiger partial charge is 0.133 e. The van der Waals surface area contributed by atoms with E-state index in [9.17, 15) is 0 Å². The maximum absolute atomic E-state index is 4.84. The third-order valence-electron chi connectivity index (χ3n) is 4.51. The van der Waals surface area contributed by atoms with E-state index >= 15 is 0 Å². The van der Waals surface area contributed by atoms with Gasteiger partial charge in [0.1, 0.15) is 5.82 Å². The molecule has 1 aliphatic rings. The van der Waals surface area contributed by atoms with Crippen LogP contribution in [0.4, 0.5) is 5.82 Å². The molecule has 0 saturated heterocycles. The molecule has 0 atom stereocenters. The van der Waals surface area contributed by atoms with E-state index in [0.29, 0.717) is 6.04 Å². The second-order valence-corrected chi connectivity index (χ2v) is 6.17. The summed E-state index contributed by atoms with van der Waals surface area (Å²) in [6, 6.07) is 2.85. The summed E-state index contributed by atoms with van der Waals surface area (Å²) in [7, 11) is 4.24. The SMILES string of the molecule is CNCc1c(C)cc(C)nc1N(C)C1CCCCCC1. The summed E-state index contributed by atoms with van der Waals surface area (Å²) in [5.74, 6) is 1.18. The first-order valence-corrected chi connectivity index (χ1v) is 7.98. The van der Waals surface area contributed by atoms with Gasteiger partial charge in [0.2, 0.25) is 0 Å². The van der Waals surface area contributed by atoms with E-state index in [4.69, 9.17) is 4.98 Å². The number of hydrogen-bond donors (Lipinski definition) is 1. The number of pyridine rings is 1. The molecule has 2 rings (SSSR count). The highest BCUT2D eigenvalue weighted by atomic mass is 15.2. The van der Waals surface area contributed by atoms with E-state index in [1.165, 1.54) is 55.5 Å². The predicted octanol–water partition coefficient (Wildman–Crippen LogP) is 3.58. The molecule has 0 amide bonds. The van der Waals surface area contributed by atoms with Gasteiger partial charge >= 0.3 is 0 Å². The second kappa shape index (κ2) is 7.07. The largest absolute Gasteiger partial charge is 0.356 e. The quantitative estimate of drug-likeness (QED) is 0.851. The van der Waals surface area contributed by atoms with Crippen molar-refractivity contribution in [3.63, 3.8) is 0 Å². The first kappa shape index (κ1) is 15.3. The molecule has 0 radical (unpaired) electrons. The van der Waals surface area contributed by atoms with Gasteiger partial charge in [-0.3, -0.25) is 0 Å². The lowest BCUT2D eigenvalue weighted by Gasteiger charge is -2.31. The van der Waals surface area contributed by atoms with Crippen LogP contribution in [0.15, 0.2) is 6.07 Å². The highest BCUT2D eigenvalue weighted by molar-refractivity contribution is 5.51. The molecule has 1 aliphatic carbocycles. The van der Waals surface area contributed by atoms with Crippen LogP contribution in [0.2, 0.25) is 0 Å². The summed E-state index contributed by atoms with van der Waals surface area (Å²) < 4.78 is 0.